The summed E-state index contributed by atoms with van der Waals surface area (Å²) in [6, 6.07) is 35.0. The van der Waals surface area contributed by atoms with E-state index in [0.29, 0.717) is 24.3 Å². The molecular weight excluding hydrogens is 644 g/mol. The van der Waals surface area contributed by atoms with Gasteiger partial charge in [0.05, 0.1) is 12.6 Å². The highest BCUT2D eigenvalue weighted by Gasteiger charge is 2.30. The molecule has 264 valence electrons. The summed E-state index contributed by atoms with van der Waals surface area (Å²) in [6.07, 6.45) is 2.35. The minimum absolute atomic E-state index is 0.0848. The Morgan fingerprint density at radius 2 is 1.39 bits per heavy atom. The van der Waals surface area contributed by atoms with Crippen LogP contribution in [0.2, 0.25) is 0 Å². The normalized spacial score (nSPS) is 12.7. The number of aromatic nitrogens is 4. The van der Waals surface area contributed by atoms with Crippen LogP contribution in [0.5, 0.6) is 5.75 Å². The van der Waals surface area contributed by atoms with Gasteiger partial charge >= 0.3 is 5.97 Å². The van der Waals surface area contributed by atoms with Crippen molar-refractivity contribution >= 4 is 17.8 Å². The quantitative estimate of drug-likeness (QED) is 0.0892. The summed E-state index contributed by atoms with van der Waals surface area (Å²) in [6.45, 7) is 4.33. The van der Waals surface area contributed by atoms with E-state index in [-0.39, 0.29) is 36.7 Å². The number of rotatable bonds is 18. The SMILES string of the molecule is CCOC(=O)C(Oc1ccc(C[C@H](NC(=O)c2ccccc2)C(=O)NCCCCc2ccccc2)cc1)c1nnn(C(C)Cc2ccccc2)n1. The van der Waals surface area contributed by atoms with Crippen LogP contribution in [0.25, 0.3) is 0 Å². The molecule has 1 heterocycles. The number of benzene rings is 4. The summed E-state index contributed by atoms with van der Waals surface area (Å²) in [4.78, 5) is 40.9. The van der Waals surface area contributed by atoms with Gasteiger partial charge in [-0.3, -0.25) is 9.59 Å². The van der Waals surface area contributed by atoms with Crippen LogP contribution in [0.15, 0.2) is 115 Å². The second-order valence-electron chi connectivity index (χ2n) is 12.2. The summed E-state index contributed by atoms with van der Waals surface area (Å²) >= 11 is 0. The molecule has 1 aromatic heterocycles. The maximum absolute atomic E-state index is 13.4. The van der Waals surface area contributed by atoms with E-state index < -0.39 is 18.1 Å². The van der Waals surface area contributed by atoms with E-state index in [4.69, 9.17) is 9.47 Å². The zero-order valence-electron chi connectivity index (χ0n) is 29.0. The summed E-state index contributed by atoms with van der Waals surface area (Å²) in [5, 5.41) is 18.7. The molecule has 2 unspecified atom stereocenters. The highest BCUT2D eigenvalue weighted by Crippen LogP contribution is 2.23. The topological polar surface area (TPSA) is 137 Å². The van der Waals surface area contributed by atoms with Gasteiger partial charge in [0.25, 0.3) is 12.0 Å². The Bertz CT molecular complexity index is 1820. The number of hydrogen-bond acceptors (Lipinski definition) is 8. The van der Waals surface area contributed by atoms with Crippen molar-refractivity contribution in [1.29, 1.82) is 0 Å². The molecule has 4 aromatic carbocycles. The predicted octanol–water partition coefficient (Wildman–Crippen LogP) is 5.64. The van der Waals surface area contributed by atoms with Gasteiger partial charge in [-0.1, -0.05) is 91.0 Å². The largest absolute Gasteiger partial charge is 0.470 e. The molecule has 0 saturated carbocycles. The van der Waals surface area contributed by atoms with E-state index in [1.54, 1.807) is 55.5 Å². The first-order chi connectivity index (χ1) is 24.9. The molecule has 2 N–H and O–H groups in total. The van der Waals surface area contributed by atoms with Crippen molar-refractivity contribution in [1.82, 2.24) is 30.8 Å². The van der Waals surface area contributed by atoms with E-state index in [1.807, 2.05) is 61.5 Å². The molecule has 0 aliphatic heterocycles. The molecule has 0 saturated heterocycles. The van der Waals surface area contributed by atoms with Crippen molar-refractivity contribution in [2.45, 2.75) is 64.1 Å². The van der Waals surface area contributed by atoms with Crippen LogP contribution < -0.4 is 15.4 Å². The van der Waals surface area contributed by atoms with E-state index in [1.165, 1.54) is 10.4 Å². The van der Waals surface area contributed by atoms with E-state index in [9.17, 15) is 14.4 Å². The molecule has 0 bridgehead atoms. The van der Waals surface area contributed by atoms with Gasteiger partial charge in [-0.25, -0.2) is 4.79 Å². The number of ether oxygens (including phenoxy) is 2. The fraction of sp³-hybridized carbons (Fsp3) is 0.300. The smallest absolute Gasteiger partial charge is 0.355 e. The van der Waals surface area contributed by atoms with Crippen LogP contribution in [0.3, 0.4) is 0 Å². The molecule has 0 fully saturated rings. The number of hydrogen-bond donors (Lipinski definition) is 2. The predicted molar refractivity (Wildman–Crippen MR) is 193 cm³/mol. The van der Waals surface area contributed by atoms with Crippen molar-refractivity contribution < 1.29 is 23.9 Å². The third-order valence-electron chi connectivity index (χ3n) is 8.26. The number of amides is 2. The maximum atomic E-state index is 13.4. The molecule has 0 spiro atoms. The Labute approximate surface area is 298 Å². The molecule has 3 atom stereocenters. The lowest BCUT2D eigenvalue weighted by atomic mass is 10.0. The van der Waals surface area contributed by atoms with Gasteiger partial charge in [-0.05, 0) is 85.7 Å². The van der Waals surface area contributed by atoms with Crippen molar-refractivity contribution in [3.8, 4) is 5.75 Å². The summed E-state index contributed by atoms with van der Waals surface area (Å²) in [7, 11) is 0. The standard InChI is InChI=1S/C40H44N6O5/c1-3-50-40(49)36(37-43-45-46(44-37)29(2)27-31-18-9-5-10-19-31)51-34-24-22-32(23-25-34)28-35(42-38(47)33-20-11-6-12-21-33)39(48)41-26-14-13-17-30-15-7-4-8-16-30/h4-12,15-16,18-25,29,35-36H,3,13-14,17,26-28H2,1-2H3,(H,41,48)(H,42,47)/t29?,35-,36?/m0/s1. The molecule has 5 rings (SSSR count). The molecule has 11 nitrogen and oxygen atoms in total. The fourth-order valence-corrected chi connectivity index (χ4v) is 5.54. The molecule has 5 aromatic rings. The Morgan fingerprint density at radius 3 is 2.06 bits per heavy atom. The summed E-state index contributed by atoms with van der Waals surface area (Å²) < 4.78 is 11.3. The van der Waals surface area contributed by atoms with Gasteiger partial charge in [0.1, 0.15) is 11.8 Å². The van der Waals surface area contributed by atoms with Gasteiger partial charge in [0, 0.05) is 18.5 Å². The van der Waals surface area contributed by atoms with Gasteiger partial charge in [0.15, 0.2) is 0 Å². The van der Waals surface area contributed by atoms with E-state index in [0.717, 1.165) is 30.4 Å². The number of carbonyl (C=O) groups is 3. The number of aryl methyl sites for hydroxylation is 1. The lowest BCUT2D eigenvalue weighted by Gasteiger charge is -2.19. The van der Waals surface area contributed by atoms with Crippen molar-refractivity contribution in [2.24, 2.45) is 0 Å². The fourth-order valence-electron chi connectivity index (χ4n) is 5.54. The molecule has 0 radical (unpaired) electrons. The highest BCUT2D eigenvalue weighted by molar-refractivity contribution is 5.97. The first-order valence-electron chi connectivity index (χ1n) is 17.3. The average Bonchev–Trinajstić information content (AvgIpc) is 3.65. The molecule has 2 amide bonds. The number of carbonyl (C=O) groups excluding carboxylic acids is 3. The molecule has 0 aliphatic rings. The van der Waals surface area contributed by atoms with Gasteiger partial charge in [-0.2, -0.15) is 4.80 Å². The number of nitrogens with one attached hydrogen (secondary N) is 2. The Morgan fingerprint density at radius 1 is 0.765 bits per heavy atom. The number of unbranched alkanes of at least 4 members (excludes halogenated alkanes) is 1. The van der Waals surface area contributed by atoms with Gasteiger partial charge in [-0.15, -0.1) is 10.2 Å². The minimum Gasteiger partial charge on any atom is -0.470 e. The van der Waals surface area contributed by atoms with Gasteiger partial charge < -0.3 is 20.1 Å². The number of esters is 1. The van der Waals surface area contributed by atoms with Crippen LogP contribution in [-0.4, -0.2) is 57.2 Å². The van der Waals surface area contributed by atoms with Crippen LogP contribution >= 0.6 is 0 Å². The molecular formula is C40H44N6O5. The van der Waals surface area contributed by atoms with Crippen molar-refractivity contribution in [3.05, 3.63) is 143 Å². The molecule has 11 heteroatoms. The monoisotopic (exact) mass is 688 g/mol. The third kappa shape index (κ3) is 11.1. The van der Waals surface area contributed by atoms with Gasteiger partial charge in [0.2, 0.25) is 11.7 Å². The Hall–Kier alpha value is -5.84. The van der Waals surface area contributed by atoms with Crippen LogP contribution in [0.4, 0.5) is 0 Å². The first-order valence-corrected chi connectivity index (χ1v) is 17.3. The first kappa shape index (κ1) is 36.4. The second-order valence-corrected chi connectivity index (χ2v) is 12.2. The van der Waals surface area contributed by atoms with Crippen LogP contribution in [0.1, 0.15) is 71.7 Å². The number of nitrogens with zero attached hydrogens (tertiary/aromatic N) is 4. The van der Waals surface area contributed by atoms with Crippen LogP contribution in [0, 0.1) is 0 Å². The van der Waals surface area contributed by atoms with Crippen molar-refractivity contribution in [3.63, 3.8) is 0 Å². The maximum Gasteiger partial charge on any atom is 0.355 e. The summed E-state index contributed by atoms with van der Waals surface area (Å²) in [5.41, 5.74) is 3.63. The summed E-state index contributed by atoms with van der Waals surface area (Å²) in [5.74, 6) is -0.784. The lowest BCUT2D eigenvalue weighted by molar-refractivity contribution is -0.152. The highest BCUT2D eigenvalue weighted by atomic mass is 16.6. The Balaban J connectivity index is 1.23. The molecule has 0 aliphatic carbocycles. The lowest BCUT2D eigenvalue weighted by Crippen LogP contribution is -2.48. The zero-order valence-corrected chi connectivity index (χ0v) is 29.0. The van der Waals surface area contributed by atoms with Crippen LogP contribution in [-0.2, 0) is 33.6 Å². The third-order valence-corrected chi connectivity index (χ3v) is 8.26. The number of tetrazole rings is 1. The average molecular weight is 689 g/mol. The van der Waals surface area contributed by atoms with E-state index in [2.05, 4.69) is 38.2 Å². The Kier molecular flexibility index (Phi) is 13.4. The zero-order chi connectivity index (χ0) is 35.8. The van der Waals surface area contributed by atoms with E-state index >= 15 is 0 Å². The molecule has 51 heavy (non-hydrogen) atoms. The minimum atomic E-state index is -1.24. The second kappa shape index (κ2) is 18.8. The van der Waals surface area contributed by atoms with Crippen molar-refractivity contribution in [2.75, 3.05) is 13.2 Å².